The molecule has 0 unspecified atom stereocenters. The van der Waals surface area contributed by atoms with Crippen molar-refractivity contribution < 1.29 is 5.11 Å². The molecule has 0 amide bonds. The highest BCUT2D eigenvalue weighted by atomic mass is 16.3. The number of rotatable bonds is 6. The number of aliphatic hydroxyl groups is 1. The molecule has 2 aromatic rings. The van der Waals surface area contributed by atoms with Gasteiger partial charge in [0.2, 0.25) is 0 Å². The summed E-state index contributed by atoms with van der Waals surface area (Å²) in [5.41, 5.74) is 9.06. The average molecular weight is 256 g/mol. The van der Waals surface area contributed by atoms with Gasteiger partial charge < -0.3 is 15.7 Å². The van der Waals surface area contributed by atoms with Crippen LogP contribution in [-0.4, -0.2) is 18.3 Å². The van der Waals surface area contributed by atoms with Crippen molar-refractivity contribution in [3.05, 3.63) is 65.7 Å². The number of anilines is 1. The van der Waals surface area contributed by atoms with E-state index in [0.717, 1.165) is 17.8 Å². The van der Waals surface area contributed by atoms with Gasteiger partial charge in [-0.05, 0) is 23.3 Å². The molecule has 3 heteroatoms. The second-order valence-corrected chi connectivity index (χ2v) is 4.50. The molecular weight excluding hydrogens is 236 g/mol. The Morgan fingerprint density at radius 3 is 2.16 bits per heavy atom. The summed E-state index contributed by atoms with van der Waals surface area (Å²) < 4.78 is 0. The van der Waals surface area contributed by atoms with Crippen molar-refractivity contribution in [3.63, 3.8) is 0 Å². The number of nitrogens with two attached hydrogens (primary N) is 1. The molecule has 100 valence electrons. The lowest BCUT2D eigenvalue weighted by molar-refractivity contribution is 0.301. The van der Waals surface area contributed by atoms with E-state index in [1.807, 2.05) is 30.3 Å². The van der Waals surface area contributed by atoms with Crippen LogP contribution in [0.5, 0.6) is 0 Å². The average Bonchev–Trinajstić information content (AvgIpc) is 2.48. The van der Waals surface area contributed by atoms with Gasteiger partial charge in [-0.2, -0.15) is 0 Å². The first-order chi connectivity index (χ1) is 9.33. The van der Waals surface area contributed by atoms with Gasteiger partial charge in [-0.3, -0.25) is 0 Å². The molecule has 0 heterocycles. The smallest absolute Gasteiger partial charge is 0.0606 e. The minimum absolute atomic E-state index is 0.144. The lowest BCUT2D eigenvalue weighted by atomic mass is 10.1. The molecule has 0 saturated heterocycles. The maximum atomic E-state index is 9.22. The van der Waals surface area contributed by atoms with Crippen molar-refractivity contribution in [1.29, 1.82) is 0 Å². The Morgan fingerprint density at radius 1 is 0.895 bits per heavy atom. The fourth-order valence-corrected chi connectivity index (χ4v) is 2.07. The van der Waals surface area contributed by atoms with Crippen LogP contribution in [0.25, 0.3) is 0 Å². The third-order valence-electron chi connectivity index (χ3n) is 3.12. The molecule has 3 nitrogen and oxygen atoms in total. The fraction of sp³-hybridized carbons (Fsp3) is 0.250. The summed E-state index contributed by atoms with van der Waals surface area (Å²) in [4.78, 5) is 2.16. The van der Waals surface area contributed by atoms with Crippen molar-refractivity contribution in [2.75, 3.05) is 18.1 Å². The van der Waals surface area contributed by atoms with E-state index in [1.54, 1.807) is 0 Å². The number of aliphatic hydroxyl groups excluding tert-OH is 1. The predicted octanol–water partition coefficient (Wildman–Crippen LogP) is 2.14. The largest absolute Gasteiger partial charge is 0.395 e. The Kier molecular flexibility index (Phi) is 4.95. The summed E-state index contributed by atoms with van der Waals surface area (Å²) in [5.74, 6) is 0. The molecule has 0 fully saturated rings. The van der Waals surface area contributed by atoms with Gasteiger partial charge in [0.1, 0.15) is 0 Å². The number of benzene rings is 2. The van der Waals surface area contributed by atoms with Gasteiger partial charge in [-0.25, -0.2) is 0 Å². The van der Waals surface area contributed by atoms with Gasteiger partial charge in [-0.1, -0.05) is 42.5 Å². The molecule has 0 atom stereocenters. The molecule has 0 aliphatic rings. The molecular formula is C16H20N2O. The molecule has 0 bridgehead atoms. The topological polar surface area (TPSA) is 49.5 Å². The molecule has 2 aromatic carbocycles. The molecule has 19 heavy (non-hydrogen) atoms. The Labute approximate surface area is 114 Å². The van der Waals surface area contributed by atoms with E-state index in [2.05, 4.69) is 29.2 Å². The van der Waals surface area contributed by atoms with Gasteiger partial charge in [0.15, 0.2) is 0 Å². The van der Waals surface area contributed by atoms with E-state index in [4.69, 9.17) is 5.73 Å². The van der Waals surface area contributed by atoms with Crippen LogP contribution in [0.15, 0.2) is 54.6 Å². The second-order valence-electron chi connectivity index (χ2n) is 4.50. The molecule has 2 rings (SSSR count). The standard InChI is InChI=1S/C16H20N2O/c17-12-14-6-8-16(9-7-14)18(10-11-19)13-15-4-2-1-3-5-15/h1-9,19H,10-13,17H2. The van der Waals surface area contributed by atoms with E-state index in [9.17, 15) is 5.11 Å². The zero-order valence-electron chi connectivity index (χ0n) is 11.0. The van der Waals surface area contributed by atoms with Crippen LogP contribution in [0.3, 0.4) is 0 Å². The van der Waals surface area contributed by atoms with Crippen LogP contribution in [-0.2, 0) is 13.1 Å². The fourth-order valence-electron chi connectivity index (χ4n) is 2.07. The summed E-state index contributed by atoms with van der Waals surface area (Å²) in [6.45, 7) is 2.12. The summed E-state index contributed by atoms with van der Waals surface area (Å²) in [7, 11) is 0. The lowest BCUT2D eigenvalue weighted by Gasteiger charge is -2.24. The Bertz CT molecular complexity index is 482. The van der Waals surface area contributed by atoms with Gasteiger partial charge in [0.25, 0.3) is 0 Å². The van der Waals surface area contributed by atoms with E-state index in [-0.39, 0.29) is 6.61 Å². The van der Waals surface area contributed by atoms with Crippen LogP contribution >= 0.6 is 0 Å². The SMILES string of the molecule is NCc1ccc(N(CCO)Cc2ccccc2)cc1. The molecule has 0 aliphatic heterocycles. The summed E-state index contributed by atoms with van der Waals surface area (Å²) in [5, 5.41) is 9.22. The number of hydrogen-bond donors (Lipinski definition) is 2. The predicted molar refractivity (Wildman–Crippen MR) is 78.9 cm³/mol. The second kappa shape index (κ2) is 6.92. The van der Waals surface area contributed by atoms with Gasteiger partial charge in [-0.15, -0.1) is 0 Å². The van der Waals surface area contributed by atoms with Crippen molar-refractivity contribution >= 4 is 5.69 Å². The van der Waals surface area contributed by atoms with Gasteiger partial charge >= 0.3 is 0 Å². The molecule has 0 aromatic heterocycles. The summed E-state index contributed by atoms with van der Waals surface area (Å²) in [6.07, 6.45) is 0. The monoisotopic (exact) mass is 256 g/mol. The Balaban J connectivity index is 2.14. The Hall–Kier alpha value is -1.84. The lowest BCUT2D eigenvalue weighted by Crippen LogP contribution is -2.26. The van der Waals surface area contributed by atoms with Crippen molar-refractivity contribution in [3.8, 4) is 0 Å². The highest BCUT2D eigenvalue weighted by molar-refractivity contribution is 5.48. The highest BCUT2D eigenvalue weighted by Crippen LogP contribution is 2.17. The van der Waals surface area contributed by atoms with Crippen LogP contribution in [0.1, 0.15) is 11.1 Å². The zero-order chi connectivity index (χ0) is 13.5. The van der Waals surface area contributed by atoms with Crippen molar-refractivity contribution in [2.24, 2.45) is 5.73 Å². The third kappa shape index (κ3) is 3.81. The third-order valence-corrected chi connectivity index (χ3v) is 3.12. The van der Waals surface area contributed by atoms with Gasteiger partial charge in [0.05, 0.1) is 6.61 Å². The molecule has 3 N–H and O–H groups in total. The molecule has 0 spiro atoms. The van der Waals surface area contributed by atoms with Gasteiger partial charge in [0, 0.05) is 25.3 Å². The molecule has 0 saturated carbocycles. The van der Waals surface area contributed by atoms with Crippen LogP contribution in [0, 0.1) is 0 Å². The normalized spacial score (nSPS) is 10.4. The van der Waals surface area contributed by atoms with E-state index in [0.29, 0.717) is 13.1 Å². The van der Waals surface area contributed by atoms with Crippen molar-refractivity contribution in [2.45, 2.75) is 13.1 Å². The van der Waals surface area contributed by atoms with Crippen LogP contribution < -0.4 is 10.6 Å². The van der Waals surface area contributed by atoms with Crippen LogP contribution in [0.4, 0.5) is 5.69 Å². The minimum atomic E-state index is 0.144. The Morgan fingerprint density at radius 2 is 1.58 bits per heavy atom. The van der Waals surface area contributed by atoms with Crippen LogP contribution in [0.2, 0.25) is 0 Å². The van der Waals surface area contributed by atoms with Crippen molar-refractivity contribution in [1.82, 2.24) is 0 Å². The minimum Gasteiger partial charge on any atom is -0.395 e. The summed E-state index contributed by atoms with van der Waals surface area (Å²) >= 11 is 0. The highest BCUT2D eigenvalue weighted by Gasteiger charge is 2.06. The molecule has 0 aliphatic carbocycles. The number of hydrogen-bond acceptors (Lipinski definition) is 3. The van der Waals surface area contributed by atoms with E-state index < -0.39 is 0 Å². The zero-order valence-corrected chi connectivity index (χ0v) is 11.0. The number of nitrogens with zero attached hydrogens (tertiary/aromatic N) is 1. The van der Waals surface area contributed by atoms with E-state index in [1.165, 1.54) is 5.56 Å². The van der Waals surface area contributed by atoms with E-state index >= 15 is 0 Å². The first kappa shape index (κ1) is 13.6. The maximum Gasteiger partial charge on any atom is 0.0606 e. The maximum absolute atomic E-state index is 9.22. The quantitative estimate of drug-likeness (QED) is 0.832. The first-order valence-electron chi connectivity index (χ1n) is 6.52. The first-order valence-corrected chi connectivity index (χ1v) is 6.52. The molecule has 0 radical (unpaired) electrons. The summed E-state index contributed by atoms with van der Waals surface area (Å²) in [6, 6.07) is 18.4.